The number of carbonyl (C=O) groups is 2. The number of fused-ring (bicyclic) bond motifs is 4. The summed E-state index contributed by atoms with van der Waals surface area (Å²) in [5, 5.41) is 8.94. The van der Waals surface area contributed by atoms with Crippen molar-refractivity contribution < 1.29 is 14.3 Å². The van der Waals surface area contributed by atoms with Gasteiger partial charge in [-0.1, -0.05) is 26.0 Å². The minimum atomic E-state index is -0.281. The first kappa shape index (κ1) is 21.8. The molecule has 0 saturated heterocycles. The molecule has 0 spiro atoms. The van der Waals surface area contributed by atoms with Crippen molar-refractivity contribution in [3.05, 3.63) is 44.6 Å². The molecule has 33 heavy (non-hydrogen) atoms. The van der Waals surface area contributed by atoms with E-state index in [0.717, 1.165) is 29.5 Å². The maximum Gasteiger partial charge on any atom is 0.279 e. The number of benzene rings is 1. The lowest BCUT2D eigenvalue weighted by Crippen LogP contribution is -2.35. The van der Waals surface area contributed by atoms with Crippen LogP contribution < -0.4 is 15.2 Å². The van der Waals surface area contributed by atoms with Crippen LogP contribution in [-0.4, -0.2) is 40.3 Å². The molecule has 8 nitrogen and oxygen atoms in total. The van der Waals surface area contributed by atoms with Gasteiger partial charge in [0.25, 0.3) is 11.5 Å². The fraction of sp³-hybridized carbons (Fsp3) is 0.458. The number of ether oxygens (including phenoxy) is 1. The van der Waals surface area contributed by atoms with Gasteiger partial charge in [-0.3, -0.25) is 14.4 Å². The smallest absolute Gasteiger partial charge is 0.279 e. The van der Waals surface area contributed by atoms with E-state index in [1.54, 1.807) is 36.6 Å². The van der Waals surface area contributed by atoms with E-state index in [-0.39, 0.29) is 35.8 Å². The molecular weight excluding hydrogens is 440 g/mol. The lowest BCUT2D eigenvalue weighted by molar-refractivity contribution is -0.120. The van der Waals surface area contributed by atoms with Crippen LogP contribution in [-0.2, 0) is 24.2 Å². The third kappa shape index (κ3) is 3.74. The van der Waals surface area contributed by atoms with Gasteiger partial charge in [0.2, 0.25) is 0 Å². The number of aromatic nitrogens is 3. The quantitative estimate of drug-likeness (QED) is 0.550. The van der Waals surface area contributed by atoms with E-state index in [0.29, 0.717) is 33.1 Å². The van der Waals surface area contributed by atoms with Gasteiger partial charge in [-0.05, 0) is 54.4 Å². The topological polar surface area (TPSA) is 94.4 Å². The highest BCUT2D eigenvalue weighted by Crippen LogP contribution is 2.41. The van der Waals surface area contributed by atoms with Crippen LogP contribution in [0.15, 0.2) is 23.0 Å². The van der Waals surface area contributed by atoms with Gasteiger partial charge in [0, 0.05) is 17.5 Å². The number of amides is 1. The van der Waals surface area contributed by atoms with Gasteiger partial charge in [-0.15, -0.1) is 16.4 Å². The fourth-order valence-corrected chi connectivity index (χ4v) is 5.88. The molecule has 1 unspecified atom stereocenters. The largest absolute Gasteiger partial charge is 0.482 e. The highest BCUT2D eigenvalue weighted by atomic mass is 32.1. The van der Waals surface area contributed by atoms with Crippen LogP contribution in [0.3, 0.4) is 0 Å². The highest BCUT2D eigenvalue weighted by Gasteiger charge is 2.32. The predicted molar refractivity (Wildman–Crippen MR) is 126 cm³/mol. The van der Waals surface area contributed by atoms with E-state index in [2.05, 4.69) is 31.1 Å². The van der Waals surface area contributed by atoms with Gasteiger partial charge in [-0.25, -0.2) is 4.68 Å². The van der Waals surface area contributed by atoms with Crippen LogP contribution in [0.25, 0.3) is 10.2 Å². The van der Waals surface area contributed by atoms with Gasteiger partial charge in [0.1, 0.15) is 12.3 Å². The van der Waals surface area contributed by atoms with Crippen LogP contribution in [0.4, 0.5) is 5.69 Å². The second-order valence-electron chi connectivity index (χ2n) is 9.89. The summed E-state index contributed by atoms with van der Waals surface area (Å²) in [4.78, 5) is 41.5. The van der Waals surface area contributed by atoms with Gasteiger partial charge in [0.15, 0.2) is 17.2 Å². The van der Waals surface area contributed by atoms with Crippen molar-refractivity contribution in [3.63, 3.8) is 0 Å². The molecule has 0 fully saturated rings. The number of carbonyl (C=O) groups excluding carboxylic acids is 2. The summed E-state index contributed by atoms with van der Waals surface area (Å²) >= 11 is 1.55. The first-order chi connectivity index (χ1) is 15.6. The predicted octanol–water partition coefficient (Wildman–Crippen LogP) is 3.24. The van der Waals surface area contributed by atoms with E-state index in [9.17, 15) is 14.4 Å². The van der Waals surface area contributed by atoms with Crippen molar-refractivity contribution in [1.82, 2.24) is 15.0 Å². The third-order valence-corrected chi connectivity index (χ3v) is 7.96. The second-order valence-corrected chi connectivity index (χ2v) is 11.0. The van der Waals surface area contributed by atoms with Crippen molar-refractivity contribution >= 4 is 38.9 Å². The first-order valence-corrected chi connectivity index (χ1v) is 11.9. The van der Waals surface area contributed by atoms with E-state index < -0.39 is 0 Å². The standard InChI is InChI=1S/C24H26N4O4S/c1-24(2,3)14-6-7-15-19(10-14)33-22-21(15)23(31)28(26-25-22)11-17(29)13-5-8-18-16(9-13)27(4)20(30)12-32-18/h5,8-9,14H,6-7,10-12H2,1-4H3. The Hall–Kier alpha value is -3.07. The number of aryl methyl sites for hydroxylation is 1. The molecule has 2 aromatic heterocycles. The number of rotatable bonds is 3. The summed E-state index contributed by atoms with van der Waals surface area (Å²) in [6, 6.07) is 4.93. The molecular formula is C24H26N4O4S. The van der Waals surface area contributed by atoms with Crippen LogP contribution in [0, 0.1) is 11.3 Å². The number of hydrogen-bond acceptors (Lipinski definition) is 7. The Morgan fingerprint density at radius 2 is 2.06 bits per heavy atom. The van der Waals surface area contributed by atoms with Crippen molar-refractivity contribution in [2.75, 3.05) is 18.6 Å². The summed E-state index contributed by atoms with van der Waals surface area (Å²) in [6.45, 7) is 6.54. The molecule has 9 heteroatoms. The molecule has 5 rings (SSSR count). The van der Waals surface area contributed by atoms with Gasteiger partial charge in [-0.2, -0.15) is 0 Å². The molecule has 1 aliphatic heterocycles. The summed E-state index contributed by atoms with van der Waals surface area (Å²) in [5.74, 6) is 0.644. The zero-order chi connectivity index (χ0) is 23.5. The Bertz CT molecular complexity index is 1350. The Balaban J connectivity index is 1.45. The first-order valence-electron chi connectivity index (χ1n) is 11.1. The van der Waals surface area contributed by atoms with Gasteiger partial charge in [0.05, 0.1) is 11.1 Å². The number of hydrogen-bond donors (Lipinski definition) is 0. The van der Waals surface area contributed by atoms with Crippen LogP contribution >= 0.6 is 11.3 Å². The van der Waals surface area contributed by atoms with Crippen LogP contribution in [0.2, 0.25) is 0 Å². The van der Waals surface area contributed by atoms with E-state index >= 15 is 0 Å². The molecule has 172 valence electrons. The van der Waals surface area contributed by atoms with E-state index in [4.69, 9.17) is 4.74 Å². The number of nitrogens with zero attached hydrogens (tertiary/aromatic N) is 4. The fourth-order valence-electron chi connectivity index (χ4n) is 4.64. The molecule has 0 radical (unpaired) electrons. The normalized spacial score (nSPS) is 18.1. The molecule has 1 aliphatic carbocycles. The Morgan fingerprint density at radius 1 is 1.27 bits per heavy atom. The van der Waals surface area contributed by atoms with Crippen LogP contribution in [0.5, 0.6) is 5.75 Å². The highest BCUT2D eigenvalue weighted by molar-refractivity contribution is 7.18. The minimum Gasteiger partial charge on any atom is -0.482 e. The number of Topliss-reactive ketones (excluding diaryl/α,β-unsaturated/α-hetero) is 1. The Labute approximate surface area is 195 Å². The SMILES string of the molecule is CN1C(=O)COc2ccc(C(=O)Cn3nnc4sc5c(c4c3=O)CCC(C(C)(C)C)C5)cc21. The lowest BCUT2D eigenvalue weighted by atomic mass is 9.72. The average Bonchev–Trinajstić information content (AvgIpc) is 3.16. The zero-order valence-corrected chi connectivity index (χ0v) is 20.0. The van der Waals surface area contributed by atoms with Gasteiger partial charge < -0.3 is 9.64 Å². The summed E-state index contributed by atoms with van der Waals surface area (Å²) in [5.41, 5.74) is 1.93. The number of likely N-dealkylation sites (N-methyl/N-ethyl adjacent to an activating group) is 1. The summed E-state index contributed by atoms with van der Waals surface area (Å²) in [6.07, 6.45) is 2.82. The molecule has 0 N–H and O–H groups in total. The maximum absolute atomic E-state index is 13.3. The van der Waals surface area contributed by atoms with Crippen molar-refractivity contribution in [2.24, 2.45) is 11.3 Å². The summed E-state index contributed by atoms with van der Waals surface area (Å²) in [7, 11) is 1.64. The number of anilines is 1. The molecule has 1 aromatic carbocycles. The molecule has 1 amide bonds. The van der Waals surface area contributed by atoms with Crippen molar-refractivity contribution in [2.45, 2.75) is 46.6 Å². The molecule has 0 bridgehead atoms. The van der Waals surface area contributed by atoms with Crippen molar-refractivity contribution in [1.29, 1.82) is 0 Å². The third-order valence-electron chi connectivity index (χ3n) is 6.82. The van der Waals surface area contributed by atoms with E-state index in [1.807, 2.05) is 0 Å². The Kier molecular flexibility index (Phi) is 5.12. The number of ketones is 1. The van der Waals surface area contributed by atoms with E-state index in [1.165, 1.54) is 9.78 Å². The lowest BCUT2D eigenvalue weighted by Gasteiger charge is -2.33. The molecule has 1 atom stereocenters. The van der Waals surface area contributed by atoms with Crippen molar-refractivity contribution in [3.8, 4) is 5.75 Å². The average molecular weight is 467 g/mol. The molecule has 3 aromatic rings. The molecule has 0 saturated carbocycles. The van der Waals surface area contributed by atoms with Crippen LogP contribution in [0.1, 0.15) is 48.0 Å². The molecule has 3 heterocycles. The Morgan fingerprint density at radius 3 is 2.82 bits per heavy atom. The number of thiophene rings is 1. The maximum atomic E-state index is 13.3. The molecule has 2 aliphatic rings. The summed E-state index contributed by atoms with van der Waals surface area (Å²) < 4.78 is 6.57. The van der Waals surface area contributed by atoms with Gasteiger partial charge >= 0.3 is 0 Å². The monoisotopic (exact) mass is 466 g/mol. The zero-order valence-electron chi connectivity index (χ0n) is 19.2. The minimum absolute atomic E-state index is 0.0246. The second kappa shape index (κ2) is 7.76.